The van der Waals surface area contributed by atoms with Crippen LogP contribution in [0.15, 0.2) is 18.7 Å². The van der Waals surface area contributed by atoms with E-state index in [-0.39, 0.29) is 12.1 Å². The zero-order valence-electron chi connectivity index (χ0n) is 7.87. The molecule has 1 atom stereocenters. The molecule has 0 aliphatic carbocycles. The van der Waals surface area contributed by atoms with Crippen LogP contribution in [0.2, 0.25) is 0 Å². The number of hydrogen-bond donors (Lipinski definition) is 2. The van der Waals surface area contributed by atoms with Crippen LogP contribution in [-0.2, 0) is 0 Å². The van der Waals surface area contributed by atoms with Gasteiger partial charge in [-0.25, -0.2) is 9.97 Å². The number of aliphatic hydroxyl groups is 1. The van der Waals surface area contributed by atoms with Crippen LogP contribution in [0.25, 0.3) is 0 Å². The predicted molar refractivity (Wildman–Crippen MR) is 51.4 cm³/mol. The van der Waals surface area contributed by atoms with Crippen LogP contribution in [0.1, 0.15) is 11.6 Å². The van der Waals surface area contributed by atoms with E-state index < -0.39 is 0 Å². The van der Waals surface area contributed by atoms with Gasteiger partial charge in [-0.3, -0.25) is 4.90 Å². The first-order valence-corrected chi connectivity index (χ1v) is 4.68. The minimum absolute atomic E-state index is 0.139. The van der Waals surface area contributed by atoms with Gasteiger partial charge < -0.3 is 10.8 Å². The first-order chi connectivity index (χ1) is 6.81. The van der Waals surface area contributed by atoms with E-state index in [1.165, 1.54) is 6.33 Å². The monoisotopic (exact) mass is 194 g/mol. The van der Waals surface area contributed by atoms with Gasteiger partial charge in [0.15, 0.2) is 0 Å². The van der Waals surface area contributed by atoms with Crippen LogP contribution in [0.4, 0.5) is 0 Å². The highest BCUT2D eigenvalue weighted by atomic mass is 16.3. The van der Waals surface area contributed by atoms with E-state index in [4.69, 9.17) is 5.73 Å². The lowest BCUT2D eigenvalue weighted by Crippen LogP contribution is -2.53. The Bertz CT molecular complexity index is 286. The Morgan fingerprint density at radius 3 is 2.64 bits per heavy atom. The first kappa shape index (κ1) is 9.51. The van der Waals surface area contributed by atoms with Crippen molar-refractivity contribution in [1.29, 1.82) is 0 Å². The topological polar surface area (TPSA) is 75.3 Å². The van der Waals surface area contributed by atoms with Gasteiger partial charge in [0.05, 0.1) is 12.1 Å². The Kier molecular flexibility index (Phi) is 2.72. The number of likely N-dealkylation sites (tertiary alicyclic amines) is 1. The van der Waals surface area contributed by atoms with Crippen LogP contribution in [0.5, 0.6) is 0 Å². The summed E-state index contributed by atoms with van der Waals surface area (Å²) in [6.45, 7) is 1.91. The van der Waals surface area contributed by atoms with Crippen LogP contribution in [-0.4, -0.2) is 45.7 Å². The van der Waals surface area contributed by atoms with Crippen molar-refractivity contribution in [3.63, 3.8) is 0 Å². The summed E-state index contributed by atoms with van der Waals surface area (Å²) in [5, 5.41) is 9.20. The molecule has 3 N–H and O–H groups in total. The molecule has 0 radical (unpaired) electrons. The summed E-state index contributed by atoms with van der Waals surface area (Å²) in [6.07, 6.45) is 4.85. The normalized spacial score (nSPS) is 20.4. The van der Waals surface area contributed by atoms with E-state index >= 15 is 0 Å². The number of nitrogens with two attached hydrogens (primary N) is 1. The van der Waals surface area contributed by atoms with Crippen LogP contribution >= 0.6 is 0 Å². The predicted octanol–water partition coefficient (Wildman–Crippen LogP) is -0.847. The molecule has 1 aromatic heterocycles. The van der Waals surface area contributed by atoms with Gasteiger partial charge in [0, 0.05) is 37.6 Å². The number of nitrogens with zero attached hydrogens (tertiary/aromatic N) is 3. The minimum Gasteiger partial charge on any atom is -0.390 e. The van der Waals surface area contributed by atoms with E-state index in [1.807, 2.05) is 0 Å². The zero-order valence-corrected chi connectivity index (χ0v) is 7.87. The molecule has 14 heavy (non-hydrogen) atoms. The molecule has 2 rings (SSSR count). The van der Waals surface area contributed by atoms with Crippen LogP contribution in [0.3, 0.4) is 0 Å². The second kappa shape index (κ2) is 4.00. The van der Waals surface area contributed by atoms with Gasteiger partial charge in [-0.15, -0.1) is 0 Å². The number of rotatable bonds is 3. The molecular weight excluding hydrogens is 180 g/mol. The highest BCUT2D eigenvalue weighted by Gasteiger charge is 2.31. The van der Waals surface area contributed by atoms with Gasteiger partial charge in [-0.05, 0) is 0 Å². The molecule has 1 aromatic rings. The van der Waals surface area contributed by atoms with Gasteiger partial charge in [-0.1, -0.05) is 0 Å². The van der Waals surface area contributed by atoms with E-state index in [0.29, 0.717) is 19.6 Å². The summed E-state index contributed by atoms with van der Waals surface area (Å²) in [5.74, 6) is 0. The fraction of sp³-hybridized carbons (Fsp3) is 0.556. The maximum atomic E-state index is 9.20. The number of aromatic nitrogens is 2. The van der Waals surface area contributed by atoms with Gasteiger partial charge in [-0.2, -0.15) is 0 Å². The quantitative estimate of drug-likeness (QED) is 0.655. The average molecular weight is 194 g/mol. The van der Waals surface area contributed by atoms with Gasteiger partial charge in [0.1, 0.15) is 6.33 Å². The molecule has 0 saturated carbocycles. The third kappa shape index (κ3) is 1.75. The maximum absolute atomic E-state index is 9.20. The highest BCUT2D eigenvalue weighted by Crippen LogP contribution is 2.23. The largest absolute Gasteiger partial charge is 0.390 e. The lowest BCUT2D eigenvalue weighted by molar-refractivity contribution is -0.0235. The summed E-state index contributed by atoms with van der Waals surface area (Å²) in [5.41, 5.74) is 6.70. The average Bonchev–Trinajstić information content (AvgIpc) is 2.18. The number of aliphatic hydroxyl groups excluding tert-OH is 1. The molecule has 5 heteroatoms. The second-order valence-electron chi connectivity index (χ2n) is 3.53. The molecule has 5 nitrogen and oxygen atoms in total. The molecule has 1 fully saturated rings. The third-order valence-corrected chi connectivity index (χ3v) is 2.52. The molecule has 76 valence electrons. The van der Waals surface area contributed by atoms with E-state index in [9.17, 15) is 5.11 Å². The van der Waals surface area contributed by atoms with Gasteiger partial charge in [0.2, 0.25) is 0 Å². The molecule has 0 spiro atoms. The molecule has 2 heterocycles. The summed E-state index contributed by atoms with van der Waals surface area (Å²) in [4.78, 5) is 10.0. The van der Waals surface area contributed by atoms with Crippen molar-refractivity contribution in [2.75, 3.05) is 19.6 Å². The van der Waals surface area contributed by atoms with Crippen molar-refractivity contribution >= 4 is 0 Å². The van der Waals surface area contributed by atoms with Gasteiger partial charge in [0.25, 0.3) is 0 Å². The smallest absolute Gasteiger partial charge is 0.115 e. The molecular formula is C9H14N4O. The molecule has 0 amide bonds. The standard InChI is InChI=1S/C9H14N4O/c10-1-9(13-4-8(14)5-13)7-2-11-6-12-3-7/h2-3,6,8-9,14H,1,4-5,10H2. The SMILES string of the molecule is NCC(c1cncnc1)N1CC(O)C1. The number of β-amino-alcohol motifs (C(OH)–C–C–N with tert-alkyl or cyclic N) is 1. The Labute approximate surface area is 82.6 Å². The molecule has 1 aliphatic rings. The highest BCUT2D eigenvalue weighted by molar-refractivity contribution is 5.11. The van der Waals surface area contributed by atoms with E-state index in [0.717, 1.165) is 5.56 Å². The molecule has 1 unspecified atom stereocenters. The molecule has 1 saturated heterocycles. The summed E-state index contributed by atoms with van der Waals surface area (Å²) in [7, 11) is 0. The Morgan fingerprint density at radius 1 is 1.50 bits per heavy atom. The lowest BCUT2D eigenvalue weighted by Gasteiger charge is -2.41. The zero-order chi connectivity index (χ0) is 9.97. The van der Waals surface area contributed by atoms with Crippen molar-refractivity contribution in [3.05, 3.63) is 24.3 Å². The fourth-order valence-electron chi connectivity index (χ4n) is 1.72. The molecule has 0 aromatic carbocycles. The van der Waals surface area contributed by atoms with Crippen molar-refractivity contribution in [2.24, 2.45) is 5.73 Å². The minimum atomic E-state index is -0.200. The third-order valence-electron chi connectivity index (χ3n) is 2.52. The molecule has 0 bridgehead atoms. The van der Waals surface area contributed by atoms with E-state index in [2.05, 4.69) is 14.9 Å². The van der Waals surface area contributed by atoms with E-state index in [1.54, 1.807) is 12.4 Å². The summed E-state index contributed by atoms with van der Waals surface area (Å²) in [6, 6.07) is 0.139. The molecule has 1 aliphatic heterocycles. The van der Waals surface area contributed by atoms with Gasteiger partial charge >= 0.3 is 0 Å². The fourth-order valence-corrected chi connectivity index (χ4v) is 1.72. The second-order valence-corrected chi connectivity index (χ2v) is 3.53. The Morgan fingerprint density at radius 2 is 2.14 bits per heavy atom. The Balaban J connectivity index is 2.07. The van der Waals surface area contributed by atoms with Crippen LogP contribution in [0, 0.1) is 0 Å². The summed E-state index contributed by atoms with van der Waals surface area (Å²) >= 11 is 0. The van der Waals surface area contributed by atoms with Crippen molar-refractivity contribution in [1.82, 2.24) is 14.9 Å². The number of hydrogen-bond acceptors (Lipinski definition) is 5. The van der Waals surface area contributed by atoms with Crippen molar-refractivity contribution < 1.29 is 5.11 Å². The van der Waals surface area contributed by atoms with Crippen molar-refractivity contribution in [3.8, 4) is 0 Å². The first-order valence-electron chi connectivity index (χ1n) is 4.68. The lowest BCUT2D eigenvalue weighted by atomic mass is 10.0. The van der Waals surface area contributed by atoms with Crippen LogP contribution < -0.4 is 5.73 Å². The summed E-state index contributed by atoms with van der Waals surface area (Å²) < 4.78 is 0. The van der Waals surface area contributed by atoms with Crippen molar-refractivity contribution in [2.45, 2.75) is 12.1 Å². The maximum Gasteiger partial charge on any atom is 0.115 e. The Hall–Kier alpha value is -1.04.